The van der Waals surface area contributed by atoms with Crippen molar-refractivity contribution < 1.29 is 23.5 Å². The van der Waals surface area contributed by atoms with Gasteiger partial charge in [-0.2, -0.15) is 0 Å². The van der Waals surface area contributed by atoms with E-state index in [9.17, 15) is 23.5 Å². The fourth-order valence-corrected chi connectivity index (χ4v) is 3.93. The van der Waals surface area contributed by atoms with Crippen molar-refractivity contribution in [3.8, 4) is 0 Å². The lowest BCUT2D eigenvalue weighted by molar-refractivity contribution is -0.137. The lowest BCUT2D eigenvalue weighted by Crippen LogP contribution is -2.41. The van der Waals surface area contributed by atoms with Crippen LogP contribution in [0.1, 0.15) is 36.9 Å². The highest BCUT2D eigenvalue weighted by Crippen LogP contribution is 2.48. The third-order valence-corrected chi connectivity index (χ3v) is 5.27. The van der Waals surface area contributed by atoms with Gasteiger partial charge >= 0.3 is 5.97 Å². The zero-order chi connectivity index (χ0) is 20.5. The Labute approximate surface area is 169 Å². The third-order valence-electron chi connectivity index (χ3n) is 4.78. The molecular formula is C20H19BrF2N2O3. The highest BCUT2D eigenvalue weighted by atomic mass is 79.9. The van der Waals surface area contributed by atoms with Gasteiger partial charge in [0.05, 0.1) is 18.0 Å². The second-order valence-corrected chi connectivity index (χ2v) is 7.85. The van der Waals surface area contributed by atoms with Crippen LogP contribution in [0, 0.1) is 11.6 Å². The van der Waals surface area contributed by atoms with E-state index in [2.05, 4.69) is 26.6 Å². The summed E-state index contributed by atoms with van der Waals surface area (Å²) >= 11 is 3.37. The number of carboxylic acid groups (broad SMARTS) is 1. The minimum absolute atomic E-state index is 0.233. The Morgan fingerprint density at radius 3 is 2.50 bits per heavy atom. The lowest BCUT2D eigenvalue weighted by Gasteiger charge is -2.27. The van der Waals surface area contributed by atoms with E-state index in [0.29, 0.717) is 17.5 Å². The van der Waals surface area contributed by atoms with Crippen molar-refractivity contribution in [3.05, 3.63) is 69.7 Å². The molecule has 1 fully saturated rings. The second-order valence-electron chi connectivity index (χ2n) is 6.94. The molecule has 0 radical (unpaired) electrons. The minimum Gasteiger partial charge on any atom is -0.481 e. The van der Waals surface area contributed by atoms with Crippen LogP contribution >= 0.6 is 15.9 Å². The predicted octanol–water partition coefficient (Wildman–Crippen LogP) is 3.64. The Kier molecular flexibility index (Phi) is 5.81. The fraction of sp³-hybridized carbons (Fsp3) is 0.300. The summed E-state index contributed by atoms with van der Waals surface area (Å²) in [6, 6.07) is 9.31. The van der Waals surface area contributed by atoms with Crippen molar-refractivity contribution in [3.63, 3.8) is 0 Å². The Hall–Kier alpha value is -2.32. The molecule has 3 N–H and O–H groups in total. The number of benzene rings is 2. The van der Waals surface area contributed by atoms with Crippen LogP contribution in [-0.2, 0) is 15.1 Å². The zero-order valence-corrected chi connectivity index (χ0v) is 16.6. The van der Waals surface area contributed by atoms with Crippen molar-refractivity contribution in [1.82, 2.24) is 10.6 Å². The number of carbonyl (C=O) groups is 2. The molecule has 8 heteroatoms. The first kappa shape index (κ1) is 20.4. The van der Waals surface area contributed by atoms with Gasteiger partial charge in [-0.1, -0.05) is 28.1 Å². The number of rotatable bonds is 7. The van der Waals surface area contributed by atoms with Gasteiger partial charge in [-0.25, -0.2) is 8.78 Å². The molecule has 1 saturated carbocycles. The molecule has 3 unspecified atom stereocenters. The molecule has 3 rings (SSSR count). The van der Waals surface area contributed by atoms with Gasteiger partial charge in [0.15, 0.2) is 0 Å². The van der Waals surface area contributed by atoms with E-state index in [1.54, 1.807) is 18.2 Å². The number of halogens is 3. The molecule has 3 atom stereocenters. The summed E-state index contributed by atoms with van der Waals surface area (Å²) in [4.78, 5) is 23.0. The molecule has 0 aromatic heterocycles. The largest absolute Gasteiger partial charge is 0.481 e. The van der Waals surface area contributed by atoms with Gasteiger partial charge in [-0.3, -0.25) is 14.9 Å². The average Bonchev–Trinajstić information content (AvgIpc) is 3.25. The Morgan fingerprint density at radius 2 is 1.93 bits per heavy atom. The average molecular weight is 453 g/mol. The molecule has 0 spiro atoms. The molecule has 148 valence electrons. The van der Waals surface area contributed by atoms with E-state index in [-0.39, 0.29) is 12.3 Å². The van der Waals surface area contributed by atoms with Crippen LogP contribution in [0.3, 0.4) is 0 Å². The summed E-state index contributed by atoms with van der Waals surface area (Å²) < 4.78 is 28.5. The third kappa shape index (κ3) is 4.56. The van der Waals surface area contributed by atoms with Crippen molar-refractivity contribution in [2.75, 3.05) is 0 Å². The van der Waals surface area contributed by atoms with Crippen LogP contribution in [0.2, 0.25) is 0 Å². The van der Waals surface area contributed by atoms with Gasteiger partial charge in [0.25, 0.3) is 0 Å². The zero-order valence-electron chi connectivity index (χ0n) is 15.0. The van der Waals surface area contributed by atoms with Gasteiger partial charge in [0.2, 0.25) is 5.91 Å². The van der Waals surface area contributed by atoms with Gasteiger partial charge in [-0.15, -0.1) is 0 Å². The number of carbonyl (C=O) groups excluding carboxylic acids is 1. The van der Waals surface area contributed by atoms with Gasteiger partial charge in [0, 0.05) is 23.5 Å². The standard InChI is InChI=1S/C20H19BrF2N2O3/c1-11(26)24-18-10-20(18,13-6-15(22)8-16(23)7-13)25-17(9-19(27)28)12-3-2-4-14(21)5-12/h2-8,17-18,25H,9-10H2,1H3,(H,24,26)(H,27,28). The van der Waals surface area contributed by atoms with Crippen LogP contribution in [0.5, 0.6) is 0 Å². The SMILES string of the molecule is CC(=O)NC1CC1(NC(CC(=O)O)c1cccc(Br)c1)c1cc(F)cc(F)c1. The molecule has 0 saturated heterocycles. The van der Waals surface area contributed by atoms with E-state index in [4.69, 9.17) is 0 Å². The van der Waals surface area contributed by atoms with Crippen LogP contribution in [-0.4, -0.2) is 23.0 Å². The highest BCUT2D eigenvalue weighted by Gasteiger charge is 2.57. The van der Waals surface area contributed by atoms with Gasteiger partial charge in [-0.05, 0) is 41.8 Å². The molecule has 1 aliphatic carbocycles. The monoisotopic (exact) mass is 452 g/mol. The van der Waals surface area contributed by atoms with Crippen LogP contribution in [0.15, 0.2) is 46.9 Å². The summed E-state index contributed by atoms with van der Waals surface area (Å²) in [6.45, 7) is 1.36. The quantitative estimate of drug-likeness (QED) is 0.599. The first-order valence-corrected chi connectivity index (χ1v) is 9.47. The van der Waals surface area contributed by atoms with Crippen LogP contribution in [0.4, 0.5) is 8.78 Å². The summed E-state index contributed by atoms with van der Waals surface area (Å²) in [5.74, 6) is -2.76. The molecule has 0 heterocycles. The normalized spacial score (nSPS) is 21.8. The Bertz CT molecular complexity index is 904. The Morgan fingerprint density at radius 1 is 1.25 bits per heavy atom. The summed E-state index contributed by atoms with van der Waals surface area (Å²) in [7, 11) is 0. The van der Waals surface area contributed by atoms with Crippen molar-refractivity contribution >= 4 is 27.8 Å². The topological polar surface area (TPSA) is 78.4 Å². The van der Waals surface area contributed by atoms with Crippen LogP contribution in [0.25, 0.3) is 0 Å². The maximum Gasteiger partial charge on any atom is 0.305 e. The number of hydrogen-bond donors (Lipinski definition) is 3. The maximum absolute atomic E-state index is 13.8. The molecule has 5 nitrogen and oxygen atoms in total. The number of hydrogen-bond acceptors (Lipinski definition) is 3. The Balaban J connectivity index is 1.99. The number of amides is 1. The molecule has 0 aliphatic heterocycles. The molecule has 1 aliphatic rings. The smallest absolute Gasteiger partial charge is 0.305 e. The molecule has 28 heavy (non-hydrogen) atoms. The van der Waals surface area contributed by atoms with E-state index < -0.39 is 35.2 Å². The van der Waals surface area contributed by atoms with E-state index in [0.717, 1.165) is 10.5 Å². The van der Waals surface area contributed by atoms with E-state index in [1.807, 2.05) is 6.07 Å². The van der Waals surface area contributed by atoms with Gasteiger partial charge in [0.1, 0.15) is 11.6 Å². The summed E-state index contributed by atoms with van der Waals surface area (Å²) in [6.07, 6.45) is 0.155. The van der Waals surface area contributed by atoms with E-state index in [1.165, 1.54) is 19.1 Å². The lowest BCUT2D eigenvalue weighted by atomic mass is 9.97. The summed E-state index contributed by atoms with van der Waals surface area (Å²) in [5.41, 5.74) is 0.0764. The molecule has 2 aromatic carbocycles. The number of carboxylic acids is 1. The molecule has 2 aromatic rings. The second kappa shape index (κ2) is 7.97. The fourth-order valence-electron chi connectivity index (χ4n) is 3.52. The summed E-state index contributed by atoms with van der Waals surface area (Å²) in [5, 5.41) is 15.4. The predicted molar refractivity (Wildman–Crippen MR) is 103 cm³/mol. The van der Waals surface area contributed by atoms with Crippen molar-refractivity contribution in [2.24, 2.45) is 0 Å². The minimum atomic E-state index is -1.02. The molecule has 0 bridgehead atoms. The number of nitrogens with one attached hydrogen (secondary N) is 2. The first-order valence-electron chi connectivity index (χ1n) is 8.68. The molecular weight excluding hydrogens is 434 g/mol. The molecule has 1 amide bonds. The van der Waals surface area contributed by atoms with Crippen molar-refractivity contribution in [1.29, 1.82) is 0 Å². The van der Waals surface area contributed by atoms with E-state index >= 15 is 0 Å². The van der Waals surface area contributed by atoms with Crippen molar-refractivity contribution in [2.45, 2.75) is 37.4 Å². The first-order chi connectivity index (χ1) is 13.2. The number of aliphatic carboxylic acids is 1. The van der Waals surface area contributed by atoms with Gasteiger partial charge < -0.3 is 10.4 Å². The maximum atomic E-state index is 13.8. The van der Waals surface area contributed by atoms with Crippen LogP contribution < -0.4 is 10.6 Å². The highest BCUT2D eigenvalue weighted by molar-refractivity contribution is 9.10.